The lowest BCUT2D eigenvalue weighted by atomic mass is 10.2. The Labute approximate surface area is 116 Å². The Morgan fingerprint density at radius 1 is 1.26 bits per heavy atom. The maximum absolute atomic E-state index is 11.4. The first kappa shape index (κ1) is 16.2. The first-order valence-corrected chi connectivity index (χ1v) is 7.64. The molecule has 0 bridgehead atoms. The van der Waals surface area contributed by atoms with Crippen LogP contribution in [0.1, 0.15) is 45.4 Å². The molecule has 0 radical (unpaired) electrons. The largest absolute Gasteiger partial charge is 0.395 e. The van der Waals surface area contributed by atoms with E-state index in [0.717, 1.165) is 58.3 Å². The van der Waals surface area contributed by atoms with Crippen molar-refractivity contribution in [3.8, 4) is 0 Å². The SMILES string of the molecule is CCCCNC(=O)NCCCCN1CCC[C@H]1CO. The Morgan fingerprint density at radius 3 is 2.68 bits per heavy atom. The van der Waals surface area contributed by atoms with Crippen LogP contribution in [-0.2, 0) is 0 Å². The van der Waals surface area contributed by atoms with Crippen LogP contribution >= 0.6 is 0 Å². The third-order valence-corrected chi connectivity index (χ3v) is 3.68. The second-order valence-electron chi connectivity index (χ2n) is 5.26. The monoisotopic (exact) mass is 271 g/mol. The predicted molar refractivity (Wildman–Crippen MR) is 77.2 cm³/mol. The Balaban J connectivity index is 1.94. The second kappa shape index (κ2) is 10.0. The van der Waals surface area contributed by atoms with Crippen molar-refractivity contribution in [1.29, 1.82) is 0 Å². The number of amides is 2. The highest BCUT2D eigenvalue weighted by Gasteiger charge is 2.22. The van der Waals surface area contributed by atoms with E-state index >= 15 is 0 Å². The van der Waals surface area contributed by atoms with Gasteiger partial charge in [0.1, 0.15) is 0 Å². The fraction of sp³-hybridized carbons (Fsp3) is 0.929. The first-order chi connectivity index (χ1) is 9.27. The molecule has 0 aliphatic carbocycles. The summed E-state index contributed by atoms with van der Waals surface area (Å²) in [5.74, 6) is 0. The van der Waals surface area contributed by atoms with E-state index in [1.54, 1.807) is 0 Å². The van der Waals surface area contributed by atoms with E-state index in [2.05, 4.69) is 22.5 Å². The minimum atomic E-state index is -0.0529. The van der Waals surface area contributed by atoms with Crippen molar-refractivity contribution < 1.29 is 9.90 Å². The topological polar surface area (TPSA) is 64.6 Å². The smallest absolute Gasteiger partial charge is 0.314 e. The number of rotatable bonds is 9. The van der Waals surface area contributed by atoms with Crippen molar-refractivity contribution >= 4 is 6.03 Å². The zero-order valence-corrected chi connectivity index (χ0v) is 12.2. The first-order valence-electron chi connectivity index (χ1n) is 7.64. The van der Waals surface area contributed by atoms with Crippen LogP contribution in [-0.4, -0.2) is 54.9 Å². The van der Waals surface area contributed by atoms with Gasteiger partial charge >= 0.3 is 6.03 Å². The zero-order chi connectivity index (χ0) is 13.9. The van der Waals surface area contributed by atoms with Gasteiger partial charge in [-0.05, 0) is 45.2 Å². The highest BCUT2D eigenvalue weighted by molar-refractivity contribution is 5.73. The van der Waals surface area contributed by atoms with E-state index in [0.29, 0.717) is 6.04 Å². The number of unbranched alkanes of at least 4 members (excludes halogenated alkanes) is 2. The van der Waals surface area contributed by atoms with E-state index < -0.39 is 0 Å². The molecule has 0 saturated carbocycles. The molecule has 1 rings (SSSR count). The van der Waals surface area contributed by atoms with E-state index in [-0.39, 0.29) is 12.6 Å². The van der Waals surface area contributed by atoms with Crippen molar-refractivity contribution in [2.45, 2.75) is 51.5 Å². The number of hydrogen-bond acceptors (Lipinski definition) is 3. The average molecular weight is 271 g/mol. The second-order valence-corrected chi connectivity index (χ2v) is 5.26. The number of urea groups is 1. The molecule has 0 aromatic rings. The predicted octanol–water partition coefficient (Wildman–Crippen LogP) is 1.32. The van der Waals surface area contributed by atoms with Gasteiger partial charge in [-0.2, -0.15) is 0 Å². The minimum absolute atomic E-state index is 0.0529. The summed E-state index contributed by atoms with van der Waals surface area (Å²) in [4.78, 5) is 13.7. The van der Waals surface area contributed by atoms with Crippen LogP contribution in [0.25, 0.3) is 0 Å². The van der Waals surface area contributed by atoms with E-state index in [9.17, 15) is 9.90 Å². The molecule has 1 aliphatic rings. The maximum Gasteiger partial charge on any atom is 0.314 e. The van der Waals surface area contributed by atoms with Crippen LogP contribution in [0.5, 0.6) is 0 Å². The number of nitrogens with zero attached hydrogens (tertiary/aromatic N) is 1. The summed E-state index contributed by atoms with van der Waals surface area (Å²) in [5, 5.41) is 14.9. The van der Waals surface area contributed by atoms with E-state index in [1.165, 1.54) is 6.42 Å². The summed E-state index contributed by atoms with van der Waals surface area (Å²) in [6.45, 7) is 6.01. The third-order valence-electron chi connectivity index (χ3n) is 3.68. The Kier molecular flexibility index (Phi) is 8.58. The van der Waals surface area contributed by atoms with Crippen LogP contribution in [0, 0.1) is 0 Å². The number of likely N-dealkylation sites (tertiary alicyclic amines) is 1. The number of aliphatic hydroxyl groups excluding tert-OH is 1. The molecule has 19 heavy (non-hydrogen) atoms. The molecule has 1 atom stereocenters. The number of nitrogens with one attached hydrogen (secondary N) is 2. The normalized spacial score (nSPS) is 19.6. The van der Waals surface area contributed by atoms with Crippen molar-refractivity contribution in [1.82, 2.24) is 15.5 Å². The maximum atomic E-state index is 11.4. The summed E-state index contributed by atoms with van der Waals surface area (Å²) in [7, 11) is 0. The van der Waals surface area contributed by atoms with Gasteiger partial charge in [-0.3, -0.25) is 4.90 Å². The van der Waals surface area contributed by atoms with Gasteiger partial charge in [-0.1, -0.05) is 13.3 Å². The van der Waals surface area contributed by atoms with E-state index in [1.807, 2.05) is 0 Å². The van der Waals surface area contributed by atoms with Crippen molar-refractivity contribution in [3.63, 3.8) is 0 Å². The minimum Gasteiger partial charge on any atom is -0.395 e. The summed E-state index contributed by atoms with van der Waals surface area (Å²) >= 11 is 0. The molecule has 1 heterocycles. The van der Waals surface area contributed by atoms with Crippen molar-refractivity contribution in [2.75, 3.05) is 32.8 Å². The van der Waals surface area contributed by atoms with Gasteiger partial charge < -0.3 is 15.7 Å². The molecular weight excluding hydrogens is 242 g/mol. The molecule has 5 nitrogen and oxygen atoms in total. The molecule has 1 fully saturated rings. The van der Waals surface area contributed by atoms with Gasteiger partial charge in [-0.25, -0.2) is 4.79 Å². The van der Waals surface area contributed by atoms with Gasteiger partial charge in [0, 0.05) is 19.1 Å². The van der Waals surface area contributed by atoms with Crippen LogP contribution in [0.4, 0.5) is 4.79 Å². The van der Waals surface area contributed by atoms with Crippen molar-refractivity contribution in [3.05, 3.63) is 0 Å². The Morgan fingerprint density at radius 2 is 2.00 bits per heavy atom. The van der Waals surface area contributed by atoms with E-state index in [4.69, 9.17) is 0 Å². The third kappa shape index (κ3) is 6.78. The lowest BCUT2D eigenvalue weighted by molar-refractivity contribution is 0.157. The zero-order valence-electron chi connectivity index (χ0n) is 12.2. The van der Waals surface area contributed by atoms with Crippen LogP contribution in [0.15, 0.2) is 0 Å². The highest BCUT2D eigenvalue weighted by Crippen LogP contribution is 2.16. The van der Waals surface area contributed by atoms with Crippen LogP contribution < -0.4 is 10.6 Å². The summed E-state index contributed by atoms with van der Waals surface area (Å²) in [6.07, 6.45) is 6.52. The molecule has 0 aromatic carbocycles. The van der Waals surface area contributed by atoms with Gasteiger partial charge in [0.05, 0.1) is 6.61 Å². The molecule has 3 N–H and O–H groups in total. The summed E-state index contributed by atoms with van der Waals surface area (Å²) < 4.78 is 0. The van der Waals surface area contributed by atoms with Crippen molar-refractivity contribution in [2.24, 2.45) is 0 Å². The molecular formula is C14H29N3O2. The van der Waals surface area contributed by atoms with Crippen LogP contribution in [0.2, 0.25) is 0 Å². The van der Waals surface area contributed by atoms with Gasteiger partial charge in [0.15, 0.2) is 0 Å². The molecule has 1 saturated heterocycles. The summed E-state index contributed by atoms with van der Waals surface area (Å²) in [5.41, 5.74) is 0. The lowest BCUT2D eigenvalue weighted by Crippen LogP contribution is -2.37. The number of hydrogen-bond donors (Lipinski definition) is 3. The molecule has 5 heteroatoms. The van der Waals surface area contributed by atoms with Gasteiger partial charge in [0.25, 0.3) is 0 Å². The molecule has 2 amide bonds. The molecule has 0 aromatic heterocycles. The van der Waals surface area contributed by atoms with Crippen LogP contribution in [0.3, 0.4) is 0 Å². The lowest BCUT2D eigenvalue weighted by Gasteiger charge is -2.22. The average Bonchev–Trinajstić information content (AvgIpc) is 2.86. The summed E-state index contributed by atoms with van der Waals surface area (Å²) in [6, 6.07) is 0.313. The molecule has 1 aliphatic heterocycles. The van der Waals surface area contributed by atoms with Gasteiger partial charge in [0.2, 0.25) is 0 Å². The standard InChI is InChI=1S/C14H29N3O2/c1-2-3-8-15-14(19)16-9-4-5-10-17-11-6-7-13(17)12-18/h13,18H,2-12H2,1H3,(H2,15,16,19)/t13-/m0/s1. The molecule has 0 unspecified atom stereocenters. The Bertz CT molecular complexity index is 249. The fourth-order valence-electron chi connectivity index (χ4n) is 2.48. The number of carbonyl (C=O) groups is 1. The Hall–Kier alpha value is -0.810. The number of aliphatic hydroxyl groups is 1. The van der Waals surface area contributed by atoms with Gasteiger partial charge in [-0.15, -0.1) is 0 Å². The fourth-order valence-corrected chi connectivity index (χ4v) is 2.48. The highest BCUT2D eigenvalue weighted by atomic mass is 16.3. The number of carbonyl (C=O) groups excluding carboxylic acids is 1. The molecule has 112 valence electrons. The quantitative estimate of drug-likeness (QED) is 0.554. The molecule has 0 spiro atoms.